The van der Waals surface area contributed by atoms with Gasteiger partial charge in [0.15, 0.2) is 4.34 Å². The second kappa shape index (κ2) is 6.93. The van der Waals surface area contributed by atoms with Crippen LogP contribution in [0.4, 0.5) is 24.5 Å². The van der Waals surface area contributed by atoms with Gasteiger partial charge in [0.2, 0.25) is 5.91 Å². The highest BCUT2D eigenvalue weighted by Crippen LogP contribution is 2.32. The molecular formula is C16H12F3N3OS2. The molecule has 4 nitrogen and oxygen atoms in total. The molecule has 0 atom stereocenters. The quantitative estimate of drug-likeness (QED) is 0.509. The van der Waals surface area contributed by atoms with Crippen LogP contribution >= 0.6 is 23.1 Å². The maximum absolute atomic E-state index is 12.7. The molecule has 0 aliphatic carbocycles. The van der Waals surface area contributed by atoms with E-state index in [4.69, 9.17) is 5.73 Å². The predicted octanol–water partition coefficient (Wildman–Crippen LogP) is 4.63. The van der Waals surface area contributed by atoms with Crippen molar-refractivity contribution in [3.05, 3.63) is 48.0 Å². The highest BCUT2D eigenvalue weighted by molar-refractivity contribution is 8.01. The molecule has 0 aliphatic rings. The van der Waals surface area contributed by atoms with E-state index in [0.717, 1.165) is 22.3 Å². The van der Waals surface area contributed by atoms with Crippen molar-refractivity contribution in [2.75, 3.05) is 16.8 Å². The molecule has 9 heteroatoms. The molecule has 0 spiro atoms. The fourth-order valence-electron chi connectivity index (χ4n) is 2.08. The molecule has 25 heavy (non-hydrogen) atoms. The van der Waals surface area contributed by atoms with Crippen molar-refractivity contribution in [2.45, 2.75) is 10.5 Å². The molecule has 0 fully saturated rings. The fraction of sp³-hybridized carbons (Fsp3) is 0.125. The summed E-state index contributed by atoms with van der Waals surface area (Å²) in [5.41, 5.74) is 6.44. The van der Waals surface area contributed by atoms with E-state index >= 15 is 0 Å². The second-order valence-corrected chi connectivity index (χ2v) is 7.38. The van der Waals surface area contributed by atoms with E-state index in [2.05, 4.69) is 10.3 Å². The van der Waals surface area contributed by atoms with Gasteiger partial charge >= 0.3 is 6.18 Å². The summed E-state index contributed by atoms with van der Waals surface area (Å²) in [6, 6.07) is 9.88. The van der Waals surface area contributed by atoms with Gasteiger partial charge in [-0.2, -0.15) is 13.2 Å². The molecule has 3 rings (SSSR count). The number of thioether (sulfide) groups is 1. The third-order valence-corrected chi connectivity index (χ3v) is 5.35. The molecule has 1 amide bonds. The van der Waals surface area contributed by atoms with Gasteiger partial charge in [-0.1, -0.05) is 17.8 Å². The number of nitrogens with two attached hydrogens (primary N) is 1. The third-order valence-electron chi connectivity index (χ3n) is 3.19. The first-order valence-corrected chi connectivity index (χ1v) is 8.87. The van der Waals surface area contributed by atoms with Crippen LogP contribution < -0.4 is 11.1 Å². The first kappa shape index (κ1) is 17.6. The van der Waals surface area contributed by atoms with Crippen LogP contribution in [0, 0.1) is 0 Å². The van der Waals surface area contributed by atoms with Crippen LogP contribution in [0.1, 0.15) is 5.56 Å². The Morgan fingerprint density at radius 1 is 1.24 bits per heavy atom. The standard InChI is InChI=1S/C16H12F3N3OS2/c17-16(18,19)9-2-1-3-11(6-9)21-14(23)8-24-15-22-12-5-4-10(20)7-13(12)25-15/h1-7H,8,20H2,(H,21,23). The molecule has 0 saturated heterocycles. The number of rotatable bonds is 4. The van der Waals surface area contributed by atoms with Crippen LogP contribution in [-0.2, 0) is 11.0 Å². The van der Waals surface area contributed by atoms with Crippen molar-refractivity contribution in [3.8, 4) is 0 Å². The molecular weight excluding hydrogens is 371 g/mol. The Labute approximate surface area is 149 Å². The van der Waals surface area contributed by atoms with Crippen molar-refractivity contribution in [3.63, 3.8) is 0 Å². The van der Waals surface area contributed by atoms with Gasteiger partial charge in [-0.3, -0.25) is 4.79 Å². The molecule has 130 valence electrons. The minimum atomic E-state index is -4.45. The Morgan fingerprint density at radius 2 is 2.04 bits per heavy atom. The Kier molecular flexibility index (Phi) is 4.87. The summed E-state index contributed by atoms with van der Waals surface area (Å²) in [5, 5.41) is 2.46. The monoisotopic (exact) mass is 383 g/mol. The van der Waals surface area contributed by atoms with Crippen LogP contribution in [0.15, 0.2) is 46.8 Å². The number of carbonyl (C=O) groups excluding carboxylic acids is 1. The summed E-state index contributed by atoms with van der Waals surface area (Å²) in [7, 11) is 0. The van der Waals surface area contributed by atoms with Gasteiger partial charge in [-0.15, -0.1) is 11.3 Å². The number of carbonyl (C=O) groups is 1. The van der Waals surface area contributed by atoms with Gasteiger partial charge in [0.1, 0.15) is 0 Å². The molecule has 0 radical (unpaired) electrons. The van der Waals surface area contributed by atoms with Crippen molar-refractivity contribution >= 4 is 50.6 Å². The molecule has 0 bridgehead atoms. The molecule has 1 aromatic heterocycles. The first-order chi connectivity index (χ1) is 11.8. The number of benzene rings is 2. The highest BCUT2D eigenvalue weighted by atomic mass is 32.2. The summed E-state index contributed by atoms with van der Waals surface area (Å²) >= 11 is 2.63. The summed E-state index contributed by atoms with van der Waals surface area (Å²) < 4.78 is 39.6. The molecule has 1 heterocycles. The molecule has 0 unspecified atom stereocenters. The summed E-state index contributed by atoms with van der Waals surface area (Å²) in [6.07, 6.45) is -4.45. The minimum absolute atomic E-state index is 0.0472. The SMILES string of the molecule is Nc1ccc2nc(SCC(=O)Nc3cccc(C(F)(F)F)c3)sc2c1. The summed E-state index contributed by atoms with van der Waals surface area (Å²) in [5.74, 6) is -0.353. The van der Waals surface area contributed by atoms with Crippen molar-refractivity contribution in [2.24, 2.45) is 0 Å². The van der Waals surface area contributed by atoms with Crippen molar-refractivity contribution in [1.82, 2.24) is 4.98 Å². The number of hydrogen-bond acceptors (Lipinski definition) is 5. The van der Waals surface area contributed by atoms with E-state index in [1.807, 2.05) is 0 Å². The maximum Gasteiger partial charge on any atom is 0.416 e. The van der Waals surface area contributed by atoms with E-state index in [1.54, 1.807) is 18.2 Å². The highest BCUT2D eigenvalue weighted by Gasteiger charge is 2.30. The average molecular weight is 383 g/mol. The van der Waals surface area contributed by atoms with Gasteiger partial charge in [0.05, 0.1) is 21.5 Å². The number of halogens is 3. The lowest BCUT2D eigenvalue weighted by atomic mass is 10.2. The number of anilines is 2. The number of thiazole rings is 1. The van der Waals surface area contributed by atoms with Crippen LogP contribution in [0.25, 0.3) is 10.2 Å². The molecule has 3 aromatic rings. The van der Waals surface area contributed by atoms with E-state index in [-0.39, 0.29) is 11.4 Å². The number of fused-ring (bicyclic) bond motifs is 1. The largest absolute Gasteiger partial charge is 0.416 e. The van der Waals surface area contributed by atoms with E-state index < -0.39 is 17.6 Å². The molecule has 2 aromatic carbocycles. The van der Waals surface area contributed by atoms with Gasteiger partial charge in [-0.25, -0.2) is 4.98 Å². The second-order valence-electron chi connectivity index (χ2n) is 5.12. The Bertz CT molecular complexity index is 924. The lowest BCUT2D eigenvalue weighted by Gasteiger charge is -2.09. The number of nitrogens with zero attached hydrogens (tertiary/aromatic N) is 1. The predicted molar refractivity (Wildman–Crippen MR) is 94.8 cm³/mol. The molecule has 0 saturated carbocycles. The van der Waals surface area contributed by atoms with E-state index in [9.17, 15) is 18.0 Å². The zero-order valence-electron chi connectivity index (χ0n) is 12.6. The zero-order valence-corrected chi connectivity index (χ0v) is 14.3. The van der Waals surface area contributed by atoms with Crippen LogP contribution in [0.3, 0.4) is 0 Å². The number of amides is 1. The van der Waals surface area contributed by atoms with Gasteiger partial charge in [-0.05, 0) is 36.4 Å². The smallest absolute Gasteiger partial charge is 0.399 e. The van der Waals surface area contributed by atoms with Crippen molar-refractivity contribution < 1.29 is 18.0 Å². The molecule has 3 N–H and O–H groups in total. The van der Waals surface area contributed by atoms with Crippen molar-refractivity contribution in [1.29, 1.82) is 0 Å². The Balaban J connectivity index is 1.62. The number of nitrogen functional groups attached to an aromatic ring is 1. The Hall–Kier alpha value is -2.26. The normalized spacial score (nSPS) is 11.6. The number of nitrogens with one attached hydrogen (secondary N) is 1. The fourth-order valence-corrected chi connectivity index (χ4v) is 4.00. The van der Waals surface area contributed by atoms with Gasteiger partial charge < -0.3 is 11.1 Å². The summed E-state index contributed by atoms with van der Waals surface area (Å²) in [6.45, 7) is 0. The van der Waals surface area contributed by atoms with Gasteiger partial charge in [0, 0.05) is 11.4 Å². The average Bonchev–Trinajstić information content (AvgIpc) is 2.94. The maximum atomic E-state index is 12.7. The molecule has 0 aliphatic heterocycles. The Morgan fingerprint density at radius 3 is 2.80 bits per heavy atom. The van der Waals surface area contributed by atoms with Crippen LogP contribution in [-0.4, -0.2) is 16.6 Å². The lowest BCUT2D eigenvalue weighted by Crippen LogP contribution is -2.14. The topological polar surface area (TPSA) is 68.0 Å². The first-order valence-electron chi connectivity index (χ1n) is 7.07. The minimum Gasteiger partial charge on any atom is -0.399 e. The number of hydrogen-bond donors (Lipinski definition) is 2. The summed E-state index contributed by atoms with van der Waals surface area (Å²) in [4.78, 5) is 16.3. The number of aromatic nitrogens is 1. The van der Waals surface area contributed by atoms with E-state index in [0.29, 0.717) is 10.0 Å². The third kappa shape index (κ3) is 4.43. The number of alkyl halides is 3. The van der Waals surface area contributed by atoms with E-state index in [1.165, 1.54) is 35.2 Å². The lowest BCUT2D eigenvalue weighted by molar-refractivity contribution is -0.137. The van der Waals surface area contributed by atoms with Crippen LogP contribution in [0.5, 0.6) is 0 Å². The van der Waals surface area contributed by atoms with Crippen LogP contribution in [0.2, 0.25) is 0 Å². The van der Waals surface area contributed by atoms with Gasteiger partial charge in [0.25, 0.3) is 0 Å². The zero-order chi connectivity index (χ0) is 18.0.